The molecule has 1 unspecified atom stereocenters. The van der Waals surface area contributed by atoms with Crippen molar-refractivity contribution in [3.63, 3.8) is 0 Å². The lowest BCUT2D eigenvalue weighted by Crippen LogP contribution is -2.51. The Labute approximate surface area is 145 Å². The number of nitrogens with one attached hydrogen (secondary N) is 1. The zero-order valence-corrected chi connectivity index (χ0v) is 15.0. The van der Waals surface area contributed by atoms with E-state index in [1.54, 1.807) is 0 Å². The van der Waals surface area contributed by atoms with Crippen LogP contribution in [0.2, 0.25) is 0 Å². The summed E-state index contributed by atoms with van der Waals surface area (Å²) in [7, 11) is 0. The molecule has 134 valence electrons. The standard InChI is InChI=1S/C19H31N3O2/c1-3-19(4-2,15-20)18(23)21-12-17-14-22(10-11-24-17)13-16-8-6-5-7-9-16/h5-9,17H,3-4,10-15,20H2,1-2H3,(H,21,23). The molecular formula is C19H31N3O2. The first-order valence-corrected chi connectivity index (χ1v) is 8.99. The molecule has 3 N–H and O–H groups in total. The summed E-state index contributed by atoms with van der Waals surface area (Å²) in [5.41, 5.74) is 6.71. The van der Waals surface area contributed by atoms with Crippen LogP contribution in [0.1, 0.15) is 32.3 Å². The van der Waals surface area contributed by atoms with Crippen molar-refractivity contribution in [1.82, 2.24) is 10.2 Å². The number of benzene rings is 1. The minimum absolute atomic E-state index is 0.0376. The Morgan fingerprint density at radius 2 is 2.04 bits per heavy atom. The van der Waals surface area contributed by atoms with Crippen LogP contribution in [-0.2, 0) is 16.1 Å². The second-order valence-electron chi connectivity index (χ2n) is 6.62. The predicted molar refractivity (Wildman–Crippen MR) is 96.5 cm³/mol. The highest BCUT2D eigenvalue weighted by Gasteiger charge is 2.33. The smallest absolute Gasteiger partial charge is 0.227 e. The lowest BCUT2D eigenvalue weighted by molar-refractivity contribution is -0.132. The molecule has 24 heavy (non-hydrogen) atoms. The molecule has 1 saturated heterocycles. The van der Waals surface area contributed by atoms with Gasteiger partial charge in [0.05, 0.1) is 18.1 Å². The Balaban J connectivity index is 1.83. The highest BCUT2D eigenvalue weighted by Crippen LogP contribution is 2.25. The average Bonchev–Trinajstić information content (AvgIpc) is 2.63. The fourth-order valence-corrected chi connectivity index (χ4v) is 3.24. The van der Waals surface area contributed by atoms with Gasteiger partial charge in [0.15, 0.2) is 0 Å². The largest absolute Gasteiger partial charge is 0.374 e. The zero-order chi connectivity index (χ0) is 17.4. The molecule has 5 heteroatoms. The molecule has 1 fully saturated rings. The SMILES string of the molecule is CCC(CC)(CN)C(=O)NCC1CN(Cc2ccccc2)CCO1. The van der Waals surface area contributed by atoms with Crippen molar-refractivity contribution in [2.75, 3.05) is 32.8 Å². The molecule has 0 spiro atoms. The number of rotatable bonds is 8. The highest BCUT2D eigenvalue weighted by molar-refractivity contribution is 5.82. The third-order valence-electron chi connectivity index (χ3n) is 5.19. The van der Waals surface area contributed by atoms with Gasteiger partial charge in [-0.15, -0.1) is 0 Å². The van der Waals surface area contributed by atoms with Crippen LogP contribution in [-0.4, -0.2) is 49.7 Å². The Morgan fingerprint density at radius 1 is 1.33 bits per heavy atom. The van der Waals surface area contributed by atoms with E-state index in [1.807, 2.05) is 19.9 Å². The molecule has 0 bridgehead atoms. The summed E-state index contributed by atoms with van der Waals surface area (Å²) in [6.45, 7) is 8.37. The number of amides is 1. The fourth-order valence-electron chi connectivity index (χ4n) is 3.24. The molecule has 1 aromatic rings. The fraction of sp³-hybridized carbons (Fsp3) is 0.632. The van der Waals surface area contributed by atoms with Crippen LogP contribution in [0.5, 0.6) is 0 Å². The van der Waals surface area contributed by atoms with Crippen LogP contribution >= 0.6 is 0 Å². The maximum atomic E-state index is 12.5. The maximum Gasteiger partial charge on any atom is 0.227 e. The number of carbonyl (C=O) groups excluding carboxylic acids is 1. The quantitative estimate of drug-likeness (QED) is 0.761. The van der Waals surface area contributed by atoms with Gasteiger partial charge in [0.1, 0.15) is 0 Å². The van der Waals surface area contributed by atoms with Crippen LogP contribution in [0.3, 0.4) is 0 Å². The van der Waals surface area contributed by atoms with Crippen LogP contribution in [0.25, 0.3) is 0 Å². The van der Waals surface area contributed by atoms with Crippen LogP contribution < -0.4 is 11.1 Å². The van der Waals surface area contributed by atoms with Gasteiger partial charge < -0.3 is 15.8 Å². The van der Waals surface area contributed by atoms with E-state index in [0.29, 0.717) is 19.7 Å². The number of ether oxygens (including phenoxy) is 1. The van der Waals surface area contributed by atoms with Crippen molar-refractivity contribution < 1.29 is 9.53 Å². The van der Waals surface area contributed by atoms with E-state index in [9.17, 15) is 4.79 Å². The summed E-state index contributed by atoms with van der Waals surface area (Å²) in [6, 6.07) is 10.5. The molecule has 0 saturated carbocycles. The van der Waals surface area contributed by atoms with Crippen molar-refractivity contribution in [3.05, 3.63) is 35.9 Å². The van der Waals surface area contributed by atoms with Crippen LogP contribution in [0, 0.1) is 5.41 Å². The molecule has 5 nitrogen and oxygen atoms in total. The topological polar surface area (TPSA) is 67.6 Å². The van der Waals surface area contributed by atoms with Crippen molar-refractivity contribution in [1.29, 1.82) is 0 Å². The van der Waals surface area contributed by atoms with Gasteiger partial charge in [0.2, 0.25) is 5.91 Å². The minimum Gasteiger partial charge on any atom is -0.374 e. The molecule has 2 rings (SSSR count). The van der Waals surface area contributed by atoms with Crippen LogP contribution in [0.15, 0.2) is 30.3 Å². The second kappa shape index (κ2) is 9.16. The Morgan fingerprint density at radius 3 is 2.67 bits per heavy atom. The number of nitrogens with two attached hydrogens (primary N) is 1. The minimum atomic E-state index is -0.446. The molecule has 1 aromatic carbocycles. The van der Waals surface area contributed by atoms with Gasteiger partial charge >= 0.3 is 0 Å². The van der Waals surface area contributed by atoms with E-state index in [2.05, 4.69) is 34.5 Å². The molecule has 1 heterocycles. The lowest BCUT2D eigenvalue weighted by atomic mass is 9.81. The predicted octanol–water partition coefficient (Wildman–Crippen LogP) is 1.77. The van der Waals surface area contributed by atoms with E-state index < -0.39 is 5.41 Å². The number of carbonyl (C=O) groups is 1. The third kappa shape index (κ3) is 4.79. The summed E-state index contributed by atoms with van der Waals surface area (Å²) < 4.78 is 5.82. The lowest BCUT2D eigenvalue weighted by Gasteiger charge is -2.34. The van der Waals surface area contributed by atoms with Crippen LogP contribution in [0.4, 0.5) is 0 Å². The van der Waals surface area contributed by atoms with Gasteiger partial charge in [-0.25, -0.2) is 0 Å². The van der Waals surface area contributed by atoms with E-state index in [0.717, 1.165) is 32.5 Å². The maximum absolute atomic E-state index is 12.5. The monoisotopic (exact) mass is 333 g/mol. The van der Waals surface area contributed by atoms with E-state index in [-0.39, 0.29) is 12.0 Å². The highest BCUT2D eigenvalue weighted by atomic mass is 16.5. The van der Waals surface area contributed by atoms with Gasteiger partial charge in [0, 0.05) is 32.7 Å². The molecule has 0 aromatic heterocycles. The van der Waals surface area contributed by atoms with Crippen molar-refractivity contribution in [2.45, 2.75) is 39.3 Å². The summed E-state index contributed by atoms with van der Waals surface area (Å²) in [4.78, 5) is 14.9. The Kier molecular flexibility index (Phi) is 7.21. The number of nitrogens with zero attached hydrogens (tertiary/aromatic N) is 1. The normalized spacial score (nSPS) is 19.2. The molecular weight excluding hydrogens is 302 g/mol. The van der Waals surface area contributed by atoms with Gasteiger partial charge in [0.25, 0.3) is 0 Å². The van der Waals surface area contributed by atoms with Crippen molar-refractivity contribution in [2.24, 2.45) is 11.1 Å². The van der Waals surface area contributed by atoms with Crippen molar-refractivity contribution >= 4 is 5.91 Å². The summed E-state index contributed by atoms with van der Waals surface area (Å²) in [5, 5.41) is 3.06. The Hall–Kier alpha value is -1.43. The zero-order valence-electron chi connectivity index (χ0n) is 15.0. The third-order valence-corrected chi connectivity index (χ3v) is 5.19. The first-order valence-electron chi connectivity index (χ1n) is 8.99. The molecule has 1 aliphatic rings. The average molecular weight is 333 g/mol. The number of hydrogen-bond acceptors (Lipinski definition) is 4. The van der Waals surface area contributed by atoms with Crippen molar-refractivity contribution in [3.8, 4) is 0 Å². The molecule has 1 atom stereocenters. The first-order chi connectivity index (χ1) is 11.6. The second-order valence-corrected chi connectivity index (χ2v) is 6.62. The van der Waals surface area contributed by atoms with E-state index in [4.69, 9.17) is 10.5 Å². The van der Waals surface area contributed by atoms with Gasteiger partial charge in [-0.05, 0) is 18.4 Å². The number of hydrogen-bond donors (Lipinski definition) is 2. The summed E-state index contributed by atoms with van der Waals surface area (Å²) in [6.07, 6.45) is 1.56. The van der Waals surface area contributed by atoms with E-state index in [1.165, 1.54) is 5.56 Å². The molecule has 1 aliphatic heterocycles. The first kappa shape index (κ1) is 18.9. The van der Waals surface area contributed by atoms with Gasteiger partial charge in [-0.1, -0.05) is 44.2 Å². The number of morpholine rings is 1. The van der Waals surface area contributed by atoms with Gasteiger partial charge in [-0.2, -0.15) is 0 Å². The summed E-state index contributed by atoms with van der Waals surface area (Å²) in [5.74, 6) is 0.0544. The summed E-state index contributed by atoms with van der Waals surface area (Å²) >= 11 is 0. The van der Waals surface area contributed by atoms with E-state index >= 15 is 0 Å². The Bertz CT molecular complexity index is 494. The molecule has 1 amide bonds. The van der Waals surface area contributed by atoms with Gasteiger partial charge in [-0.3, -0.25) is 9.69 Å². The molecule has 0 radical (unpaired) electrons. The molecule has 0 aliphatic carbocycles.